The standard InChI is InChI=1S/C24H25ClN2O6S/c1-31-21-14-13-17(23(32-2)24(21)33-3)15-26-22(28)16-27(20-12-8-7-11-19(20)25)34(29,30)18-9-5-4-6-10-18/h4-14H,15-16H2,1-3H3,(H,26,28). The molecule has 3 aromatic rings. The molecule has 0 atom stereocenters. The molecular formula is C24H25ClN2O6S. The number of sulfonamides is 1. The fourth-order valence-electron chi connectivity index (χ4n) is 3.36. The summed E-state index contributed by atoms with van der Waals surface area (Å²) in [4.78, 5) is 13.0. The van der Waals surface area contributed by atoms with E-state index in [9.17, 15) is 13.2 Å². The third-order valence-corrected chi connectivity index (χ3v) is 7.09. The number of rotatable bonds is 10. The van der Waals surface area contributed by atoms with Crippen molar-refractivity contribution in [1.82, 2.24) is 5.32 Å². The molecule has 8 nitrogen and oxygen atoms in total. The number of ether oxygens (including phenoxy) is 3. The van der Waals surface area contributed by atoms with Gasteiger partial charge in [0.15, 0.2) is 11.5 Å². The number of hydrogen-bond donors (Lipinski definition) is 1. The Balaban J connectivity index is 1.87. The minimum atomic E-state index is -4.06. The van der Waals surface area contributed by atoms with Gasteiger partial charge in [-0.2, -0.15) is 0 Å². The zero-order valence-corrected chi connectivity index (χ0v) is 20.5. The van der Waals surface area contributed by atoms with Crippen molar-refractivity contribution in [3.05, 3.63) is 77.3 Å². The van der Waals surface area contributed by atoms with E-state index in [0.717, 1.165) is 4.31 Å². The number of para-hydroxylation sites is 1. The van der Waals surface area contributed by atoms with Crippen molar-refractivity contribution in [3.63, 3.8) is 0 Å². The quantitative estimate of drug-likeness (QED) is 0.450. The second-order valence-electron chi connectivity index (χ2n) is 7.05. The van der Waals surface area contributed by atoms with Gasteiger partial charge in [-0.15, -0.1) is 0 Å². The van der Waals surface area contributed by atoms with Crippen molar-refractivity contribution in [2.45, 2.75) is 11.4 Å². The summed E-state index contributed by atoms with van der Waals surface area (Å²) in [6, 6.07) is 17.7. The van der Waals surface area contributed by atoms with Crippen LogP contribution in [0.1, 0.15) is 5.56 Å². The normalized spacial score (nSPS) is 10.9. The number of carbonyl (C=O) groups excluding carboxylic acids is 1. The second-order valence-corrected chi connectivity index (χ2v) is 9.32. The van der Waals surface area contributed by atoms with Crippen LogP contribution in [-0.4, -0.2) is 42.2 Å². The van der Waals surface area contributed by atoms with Crippen LogP contribution in [0.2, 0.25) is 5.02 Å². The van der Waals surface area contributed by atoms with Crippen LogP contribution in [-0.2, 0) is 21.4 Å². The molecule has 34 heavy (non-hydrogen) atoms. The van der Waals surface area contributed by atoms with Gasteiger partial charge in [0.1, 0.15) is 6.54 Å². The molecule has 10 heteroatoms. The molecule has 1 amide bonds. The van der Waals surface area contributed by atoms with E-state index >= 15 is 0 Å². The molecule has 0 aliphatic rings. The molecule has 0 aliphatic carbocycles. The highest BCUT2D eigenvalue weighted by Gasteiger charge is 2.28. The lowest BCUT2D eigenvalue weighted by Crippen LogP contribution is -2.40. The van der Waals surface area contributed by atoms with Gasteiger partial charge >= 0.3 is 0 Å². The first-order chi connectivity index (χ1) is 16.3. The van der Waals surface area contributed by atoms with E-state index in [1.807, 2.05) is 0 Å². The molecule has 0 fully saturated rings. The van der Waals surface area contributed by atoms with E-state index in [1.165, 1.54) is 33.5 Å². The highest BCUT2D eigenvalue weighted by atomic mass is 35.5. The van der Waals surface area contributed by atoms with Crippen molar-refractivity contribution < 1.29 is 27.4 Å². The summed E-state index contributed by atoms with van der Waals surface area (Å²) in [7, 11) is 0.414. The molecule has 0 unspecified atom stereocenters. The Hall–Kier alpha value is -3.43. The molecule has 0 aromatic heterocycles. The molecule has 0 saturated carbocycles. The van der Waals surface area contributed by atoms with Crippen LogP contribution in [0.25, 0.3) is 0 Å². The Morgan fingerprint density at radius 3 is 2.15 bits per heavy atom. The lowest BCUT2D eigenvalue weighted by Gasteiger charge is -2.25. The maximum absolute atomic E-state index is 13.4. The van der Waals surface area contributed by atoms with Crippen LogP contribution in [0, 0.1) is 0 Å². The third-order valence-electron chi connectivity index (χ3n) is 5.00. The number of benzene rings is 3. The zero-order valence-electron chi connectivity index (χ0n) is 18.9. The zero-order chi connectivity index (χ0) is 24.7. The van der Waals surface area contributed by atoms with Gasteiger partial charge < -0.3 is 19.5 Å². The van der Waals surface area contributed by atoms with Crippen LogP contribution in [0.4, 0.5) is 5.69 Å². The van der Waals surface area contributed by atoms with Crippen LogP contribution in [0.15, 0.2) is 71.6 Å². The Morgan fingerprint density at radius 1 is 0.882 bits per heavy atom. The summed E-state index contributed by atoms with van der Waals surface area (Å²) in [6.07, 6.45) is 0. The first-order valence-corrected chi connectivity index (χ1v) is 12.0. The van der Waals surface area contributed by atoms with Gasteiger partial charge in [0.25, 0.3) is 10.0 Å². The van der Waals surface area contributed by atoms with Crippen molar-refractivity contribution >= 4 is 33.2 Å². The summed E-state index contributed by atoms with van der Waals surface area (Å²) < 4.78 is 43.8. The van der Waals surface area contributed by atoms with Crippen LogP contribution >= 0.6 is 11.6 Å². The van der Waals surface area contributed by atoms with Gasteiger partial charge in [-0.05, 0) is 36.4 Å². The summed E-state index contributed by atoms with van der Waals surface area (Å²) in [5.74, 6) is 0.743. The summed E-state index contributed by atoms with van der Waals surface area (Å²) in [6.45, 7) is -0.402. The second kappa shape index (κ2) is 11.1. The van der Waals surface area contributed by atoms with E-state index in [1.54, 1.807) is 54.6 Å². The average molecular weight is 505 g/mol. The minimum Gasteiger partial charge on any atom is -0.493 e. The molecular weight excluding hydrogens is 480 g/mol. The SMILES string of the molecule is COc1ccc(CNC(=O)CN(c2ccccc2Cl)S(=O)(=O)c2ccccc2)c(OC)c1OC. The number of halogens is 1. The first-order valence-electron chi connectivity index (χ1n) is 10.2. The van der Waals surface area contributed by atoms with E-state index in [-0.39, 0.29) is 22.2 Å². The Morgan fingerprint density at radius 2 is 1.53 bits per heavy atom. The first kappa shape index (κ1) is 25.2. The smallest absolute Gasteiger partial charge is 0.264 e. The van der Waals surface area contributed by atoms with E-state index in [0.29, 0.717) is 22.8 Å². The summed E-state index contributed by atoms with van der Waals surface area (Å²) in [5.41, 5.74) is 0.829. The topological polar surface area (TPSA) is 94.2 Å². The van der Waals surface area contributed by atoms with Crippen molar-refractivity contribution in [3.8, 4) is 17.2 Å². The number of carbonyl (C=O) groups is 1. The summed E-state index contributed by atoms with van der Waals surface area (Å²) >= 11 is 6.29. The summed E-state index contributed by atoms with van der Waals surface area (Å²) in [5, 5.41) is 2.95. The van der Waals surface area contributed by atoms with Crippen LogP contribution < -0.4 is 23.8 Å². The molecule has 3 aromatic carbocycles. The lowest BCUT2D eigenvalue weighted by atomic mass is 10.1. The number of anilines is 1. The van der Waals surface area contributed by atoms with Gasteiger partial charge in [-0.1, -0.05) is 41.9 Å². The Labute approximate surface area is 204 Å². The van der Waals surface area contributed by atoms with Crippen molar-refractivity contribution in [1.29, 1.82) is 0 Å². The molecule has 0 aliphatic heterocycles. The predicted molar refractivity (Wildman–Crippen MR) is 130 cm³/mol. The van der Waals surface area contributed by atoms with Crippen molar-refractivity contribution in [2.24, 2.45) is 0 Å². The fraction of sp³-hybridized carbons (Fsp3) is 0.208. The highest BCUT2D eigenvalue weighted by Crippen LogP contribution is 2.39. The van der Waals surface area contributed by atoms with E-state index in [4.69, 9.17) is 25.8 Å². The number of nitrogens with zero attached hydrogens (tertiary/aromatic N) is 1. The van der Waals surface area contributed by atoms with Gasteiger partial charge in [-0.3, -0.25) is 9.10 Å². The molecule has 0 saturated heterocycles. The Bertz CT molecular complexity index is 1250. The molecule has 1 N–H and O–H groups in total. The average Bonchev–Trinajstić information content (AvgIpc) is 2.86. The molecule has 3 rings (SSSR count). The van der Waals surface area contributed by atoms with Crippen LogP contribution in [0.5, 0.6) is 17.2 Å². The monoisotopic (exact) mass is 504 g/mol. The molecule has 0 spiro atoms. The van der Waals surface area contributed by atoms with Gasteiger partial charge in [0.05, 0.1) is 36.9 Å². The number of methoxy groups -OCH3 is 3. The molecule has 180 valence electrons. The number of nitrogens with one attached hydrogen (secondary N) is 1. The van der Waals surface area contributed by atoms with Gasteiger partial charge in [-0.25, -0.2) is 8.42 Å². The van der Waals surface area contributed by atoms with Crippen molar-refractivity contribution in [2.75, 3.05) is 32.2 Å². The Kier molecular flexibility index (Phi) is 8.25. The fourth-order valence-corrected chi connectivity index (χ4v) is 5.10. The third kappa shape index (κ3) is 5.37. The number of amides is 1. The number of hydrogen-bond acceptors (Lipinski definition) is 6. The molecule has 0 heterocycles. The highest BCUT2D eigenvalue weighted by molar-refractivity contribution is 7.92. The van der Waals surface area contributed by atoms with Gasteiger partial charge in [0.2, 0.25) is 11.7 Å². The van der Waals surface area contributed by atoms with E-state index in [2.05, 4.69) is 5.32 Å². The maximum atomic E-state index is 13.4. The van der Waals surface area contributed by atoms with E-state index < -0.39 is 22.5 Å². The molecule has 0 bridgehead atoms. The van der Waals surface area contributed by atoms with Crippen LogP contribution in [0.3, 0.4) is 0 Å². The largest absolute Gasteiger partial charge is 0.493 e. The minimum absolute atomic E-state index is 0.0456. The lowest BCUT2D eigenvalue weighted by molar-refractivity contribution is -0.119. The molecule has 0 radical (unpaired) electrons. The van der Waals surface area contributed by atoms with Gasteiger partial charge in [0, 0.05) is 12.1 Å². The predicted octanol–water partition coefficient (Wildman–Crippen LogP) is 3.88. The maximum Gasteiger partial charge on any atom is 0.264 e.